The molecule has 0 radical (unpaired) electrons. The van der Waals surface area contributed by atoms with E-state index in [4.69, 9.17) is 16.9 Å². The third-order valence-electron chi connectivity index (χ3n) is 7.13. The first-order valence-electron chi connectivity index (χ1n) is 12.8. The molecular formula is C29H27ClN6O3. The second kappa shape index (κ2) is 11.5. The molecule has 0 unspecified atom stereocenters. The summed E-state index contributed by atoms with van der Waals surface area (Å²) < 4.78 is 0. The van der Waals surface area contributed by atoms with Gasteiger partial charge in [0, 0.05) is 37.9 Å². The molecule has 10 heteroatoms. The highest BCUT2D eigenvalue weighted by Gasteiger charge is 2.25. The van der Waals surface area contributed by atoms with Crippen molar-refractivity contribution in [1.82, 2.24) is 15.2 Å². The molecule has 0 bridgehead atoms. The van der Waals surface area contributed by atoms with Crippen molar-refractivity contribution < 1.29 is 14.4 Å². The first kappa shape index (κ1) is 26.2. The van der Waals surface area contributed by atoms with Gasteiger partial charge in [0.25, 0.3) is 11.8 Å². The van der Waals surface area contributed by atoms with Crippen molar-refractivity contribution in [2.45, 2.75) is 18.8 Å². The van der Waals surface area contributed by atoms with Gasteiger partial charge in [0.1, 0.15) is 5.82 Å². The van der Waals surface area contributed by atoms with Crippen LogP contribution in [0.15, 0.2) is 60.8 Å². The van der Waals surface area contributed by atoms with Crippen LogP contribution in [0.25, 0.3) is 0 Å². The van der Waals surface area contributed by atoms with Crippen LogP contribution in [0.1, 0.15) is 50.6 Å². The monoisotopic (exact) mass is 542 g/mol. The van der Waals surface area contributed by atoms with Crippen molar-refractivity contribution >= 4 is 40.8 Å². The van der Waals surface area contributed by atoms with Crippen LogP contribution in [-0.2, 0) is 4.79 Å². The van der Waals surface area contributed by atoms with Gasteiger partial charge in [0.15, 0.2) is 0 Å². The summed E-state index contributed by atoms with van der Waals surface area (Å²) in [6.45, 7) is 2.65. The Morgan fingerprint density at radius 2 is 1.77 bits per heavy atom. The third kappa shape index (κ3) is 6.02. The van der Waals surface area contributed by atoms with Crippen molar-refractivity contribution in [2.75, 3.05) is 42.9 Å². The van der Waals surface area contributed by atoms with Crippen molar-refractivity contribution in [3.63, 3.8) is 0 Å². The van der Waals surface area contributed by atoms with Crippen LogP contribution in [0.5, 0.6) is 0 Å². The number of carbonyl (C=O) groups excluding carboxylic acids is 3. The van der Waals surface area contributed by atoms with E-state index in [2.05, 4.69) is 21.7 Å². The summed E-state index contributed by atoms with van der Waals surface area (Å²) in [7, 11) is 0. The Hall–Kier alpha value is -4.42. The molecule has 0 aliphatic carbocycles. The Kier molecular flexibility index (Phi) is 7.75. The molecule has 198 valence electrons. The number of nitriles is 1. The van der Waals surface area contributed by atoms with E-state index >= 15 is 0 Å². The minimum Gasteiger partial charge on any atom is -0.353 e. The van der Waals surface area contributed by atoms with E-state index in [1.54, 1.807) is 30.3 Å². The molecule has 2 fully saturated rings. The number of rotatable bonds is 5. The van der Waals surface area contributed by atoms with E-state index in [9.17, 15) is 14.4 Å². The van der Waals surface area contributed by atoms with Gasteiger partial charge in [-0.15, -0.1) is 0 Å². The summed E-state index contributed by atoms with van der Waals surface area (Å²) in [5, 5.41) is 14.9. The van der Waals surface area contributed by atoms with Gasteiger partial charge < -0.3 is 20.4 Å². The molecule has 3 amide bonds. The van der Waals surface area contributed by atoms with Crippen molar-refractivity contribution in [1.29, 1.82) is 5.26 Å². The maximum atomic E-state index is 13.2. The molecule has 1 aromatic heterocycles. The quantitative estimate of drug-likeness (QED) is 0.506. The molecule has 3 aromatic rings. The first-order chi connectivity index (χ1) is 18.9. The van der Waals surface area contributed by atoms with Gasteiger partial charge in [-0.05, 0) is 66.8 Å². The number of benzene rings is 2. The number of amides is 3. The largest absolute Gasteiger partial charge is 0.353 e. The van der Waals surface area contributed by atoms with Gasteiger partial charge in [0.2, 0.25) is 5.91 Å². The predicted molar refractivity (Wildman–Crippen MR) is 148 cm³/mol. The second-order valence-corrected chi connectivity index (χ2v) is 10.0. The standard InChI is InChI=1S/C29H27ClN6O3/c30-24-7-5-22(29(39)35-12-9-21(10-13-35)20-3-1-19(16-31)2-4-20)15-25(24)34-28(38)23-6-8-26(33-17-23)36-14-11-32-27(37)18-36/h1-8,15,17,21H,9-14,18H2,(H,32,37)(H,34,38). The van der Waals surface area contributed by atoms with Gasteiger partial charge in [-0.25, -0.2) is 4.98 Å². The predicted octanol–water partition coefficient (Wildman–Crippen LogP) is 3.81. The number of aromatic nitrogens is 1. The highest BCUT2D eigenvalue weighted by Crippen LogP contribution is 2.30. The smallest absolute Gasteiger partial charge is 0.257 e. The van der Waals surface area contributed by atoms with E-state index in [1.165, 1.54) is 11.8 Å². The van der Waals surface area contributed by atoms with E-state index in [0.717, 1.165) is 12.8 Å². The van der Waals surface area contributed by atoms with Crippen LogP contribution in [0.3, 0.4) is 0 Å². The van der Waals surface area contributed by atoms with Gasteiger partial charge in [-0.1, -0.05) is 23.7 Å². The number of nitrogens with zero attached hydrogens (tertiary/aromatic N) is 4. The van der Waals surface area contributed by atoms with E-state index in [-0.39, 0.29) is 18.4 Å². The number of piperazine rings is 1. The number of halogens is 1. The van der Waals surface area contributed by atoms with Gasteiger partial charge in [-0.3, -0.25) is 14.4 Å². The van der Waals surface area contributed by atoms with Gasteiger partial charge in [-0.2, -0.15) is 5.26 Å². The minimum atomic E-state index is -0.403. The number of hydrogen-bond donors (Lipinski definition) is 2. The molecule has 9 nitrogen and oxygen atoms in total. The van der Waals surface area contributed by atoms with Gasteiger partial charge >= 0.3 is 0 Å². The molecule has 2 aliphatic heterocycles. The molecular weight excluding hydrogens is 516 g/mol. The summed E-state index contributed by atoms with van der Waals surface area (Å²) in [4.78, 5) is 45.8. The molecule has 2 aromatic carbocycles. The molecule has 5 rings (SSSR count). The van der Waals surface area contributed by atoms with Crippen molar-refractivity contribution in [3.05, 3.63) is 88.1 Å². The van der Waals surface area contributed by atoms with Crippen LogP contribution < -0.4 is 15.5 Å². The Morgan fingerprint density at radius 3 is 2.44 bits per heavy atom. The maximum Gasteiger partial charge on any atom is 0.257 e. The summed E-state index contributed by atoms with van der Waals surface area (Å²) in [5.74, 6) is 0.380. The second-order valence-electron chi connectivity index (χ2n) is 9.63. The van der Waals surface area contributed by atoms with Crippen LogP contribution in [0.2, 0.25) is 5.02 Å². The maximum absolute atomic E-state index is 13.2. The molecule has 2 N–H and O–H groups in total. The lowest BCUT2D eigenvalue weighted by atomic mass is 9.89. The third-order valence-corrected chi connectivity index (χ3v) is 7.46. The number of hydrogen-bond acceptors (Lipinski definition) is 6. The minimum absolute atomic E-state index is 0.0652. The Bertz CT molecular complexity index is 1430. The van der Waals surface area contributed by atoms with Crippen LogP contribution >= 0.6 is 11.6 Å². The van der Waals surface area contributed by atoms with Crippen LogP contribution in [0, 0.1) is 11.3 Å². The van der Waals surface area contributed by atoms with Crippen molar-refractivity contribution in [3.8, 4) is 6.07 Å². The molecule has 3 heterocycles. The number of anilines is 2. The number of piperidine rings is 1. The zero-order chi connectivity index (χ0) is 27.4. The summed E-state index contributed by atoms with van der Waals surface area (Å²) in [6.07, 6.45) is 3.12. The topological polar surface area (TPSA) is 118 Å². The molecule has 2 saturated heterocycles. The average molecular weight is 543 g/mol. The number of nitrogens with one attached hydrogen (secondary N) is 2. The number of likely N-dealkylation sites (tertiary alicyclic amines) is 1. The number of pyridine rings is 1. The SMILES string of the molecule is N#Cc1ccc(C2CCN(C(=O)c3ccc(Cl)c(NC(=O)c4ccc(N5CCNC(=O)C5)nc4)c3)CC2)cc1. The molecule has 39 heavy (non-hydrogen) atoms. The number of carbonyl (C=O) groups is 3. The van der Waals surface area contributed by atoms with E-state index in [1.807, 2.05) is 34.1 Å². The normalized spacial score (nSPS) is 15.8. The lowest BCUT2D eigenvalue weighted by Crippen LogP contribution is -2.48. The summed E-state index contributed by atoms with van der Waals surface area (Å²) in [6, 6.07) is 18.0. The molecule has 0 saturated carbocycles. The fourth-order valence-corrected chi connectivity index (χ4v) is 5.08. The summed E-state index contributed by atoms with van der Waals surface area (Å²) >= 11 is 6.35. The lowest BCUT2D eigenvalue weighted by molar-refractivity contribution is -0.120. The molecule has 0 spiro atoms. The van der Waals surface area contributed by atoms with E-state index < -0.39 is 5.91 Å². The zero-order valence-corrected chi connectivity index (χ0v) is 21.9. The fraction of sp³-hybridized carbons (Fsp3) is 0.276. The highest BCUT2D eigenvalue weighted by atomic mass is 35.5. The van der Waals surface area contributed by atoms with Crippen LogP contribution in [0.4, 0.5) is 11.5 Å². The van der Waals surface area contributed by atoms with Crippen molar-refractivity contribution in [2.24, 2.45) is 0 Å². The summed E-state index contributed by atoms with van der Waals surface area (Å²) in [5.41, 5.74) is 2.94. The first-order valence-corrected chi connectivity index (χ1v) is 13.2. The van der Waals surface area contributed by atoms with E-state index in [0.29, 0.717) is 65.3 Å². The highest BCUT2D eigenvalue weighted by molar-refractivity contribution is 6.34. The molecule has 2 aliphatic rings. The average Bonchev–Trinajstić information content (AvgIpc) is 2.98. The van der Waals surface area contributed by atoms with Gasteiger partial charge in [0.05, 0.1) is 34.5 Å². The Balaban J connectivity index is 1.21. The Labute approximate surface area is 231 Å². The fourth-order valence-electron chi connectivity index (χ4n) is 4.92. The molecule has 0 atom stereocenters. The van der Waals surface area contributed by atoms with Crippen LogP contribution in [-0.4, -0.2) is 60.3 Å². The lowest BCUT2D eigenvalue weighted by Gasteiger charge is -2.32. The Morgan fingerprint density at radius 1 is 1.03 bits per heavy atom. The zero-order valence-electron chi connectivity index (χ0n) is 21.2.